The molecule has 3 rings (SSSR count). The number of carbonyl (C=O) groups excluding carboxylic acids is 1. The Bertz CT molecular complexity index is 908. The largest absolute Gasteiger partial charge is 0.493 e. The second-order valence-corrected chi connectivity index (χ2v) is 7.72. The van der Waals surface area contributed by atoms with E-state index in [1.165, 1.54) is 11.8 Å². The standard InChI is InChI=1S/C20H20N2O3S2/c1-21(2)14-6-8-15(9-7-14)22-19(23)18(27-20(22)26)12-13-5-10-16(24-3)17(11-13)25-4/h5-12H,1-4H3. The summed E-state index contributed by atoms with van der Waals surface area (Å²) in [6, 6.07) is 13.2. The lowest BCUT2D eigenvalue weighted by molar-refractivity contribution is -0.113. The van der Waals surface area contributed by atoms with E-state index in [2.05, 4.69) is 0 Å². The summed E-state index contributed by atoms with van der Waals surface area (Å²) in [6.07, 6.45) is 1.81. The summed E-state index contributed by atoms with van der Waals surface area (Å²) >= 11 is 6.73. The molecule has 140 valence electrons. The van der Waals surface area contributed by atoms with Gasteiger partial charge in [-0.3, -0.25) is 9.69 Å². The van der Waals surface area contributed by atoms with Crippen molar-refractivity contribution in [1.82, 2.24) is 0 Å². The molecule has 0 atom stereocenters. The van der Waals surface area contributed by atoms with Crippen LogP contribution < -0.4 is 19.3 Å². The smallest absolute Gasteiger partial charge is 0.270 e. The minimum absolute atomic E-state index is 0.127. The molecule has 1 saturated heterocycles. The van der Waals surface area contributed by atoms with Gasteiger partial charge >= 0.3 is 0 Å². The lowest BCUT2D eigenvalue weighted by atomic mass is 10.2. The molecule has 2 aromatic rings. The maximum Gasteiger partial charge on any atom is 0.270 e. The molecule has 0 N–H and O–H groups in total. The van der Waals surface area contributed by atoms with Crippen LogP contribution in [0.1, 0.15) is 5.56 Å². The van der Waals surface area contributed by atoms with Crippen molar-refractivity contribution >= 4 is 51.7 Å². The number of rotatable bonds is 5. The molecule has 1 amide bonds. The van der Waals surface area contributed by atoms with Crippen LogP contribution in [0.15, 0.2) is 47.4 Å². The summed E-state index contributed by atoms with van der Waals surface area (Å²) in [7, 11) is 7.11. The molecule has 0 radical (unpaired) electrons. The number of anilines is 2. The first-order valence-electron chi connectivity index (χ1n) is 8.22. The van der Waals surface area contributed by atoms with Crippen LogP contribution in [0.4, 0.5) is 11.4 Å². The number of thiocarbonyl (C=S) groups is 1. The van der Waals surface area contributed by atoms with Gasteiger partial charge in [-0.15, -0.1) is 0 Å². The first kappa shape index (κ1) is 19.3. The van der Waals surface area contributed by atoms with Crippen molar-refractivity contribution in [3.05, 3.63) is 52.9 Å². The van der Waals surface area contributed by atoms with E-state index >= 15 is 0 Å². The Kier molecular flexibility index (Phi) is 5.72. The number of carbonyl (C=O) groups is 1. The maximum absolute atomic E-state index is 12.9. The Balaban J connectivity index is 1.88. The molecule has 1 heterocycles. The molecule has 1 fully saturated rings. The lowest BCUT2D eigenvalue weighted by Crippen LogP contribution is -2.27. The molecule has 0 bridgehead atoms. The number of hydrogen-bond donors (Lipinski definition) is 0. The summed E-state index contributed by atoms with van der Waals surface area (Å²) in [4.78, 5) is 17.0. The van der Waals surface area contributed by atoms with Gasteiger partial charge in [0.25, 0.3) is 5.91 Å². The van der Waals surface area contributed by atoms with Crippen LogP contribution in [0, 0.1) is 0 Å². The molecule has 7 heteroatoms. The fourth-order valence-corrected chi connectivity index (χ4v) is 3.98. The van der Waals surface area contributed by atoms with Gasteiger partial charge in [0.15, 0.2) is 15.8 Å². The highest BCUT2D eigenvalue weighted by atomic mass is 32.2. The number of amides is 1. The van der Waals surface area contributed by atoms with Gasteiger partial charge in [0.1, 0.15) is 0 Å². The van der Waals surface area contributed by atoms with E-state index in [9.17, 15) is 4.79 Å². The number of benzene rings is 2. The fraction of sp³-hybridized carbons (Fsp3) is 0.200. The summed E-state index contributed by atoms with van der Waals surface area (Å²) in [5, 5.41) is 0. The predicted octanol–water partition coefficient (Wildman–Crippen LogP) is 4.18. The summed E-state index contributed by atoms with van der Waals surface area (Å²) < 4.78 is 11.1. The second kappa shape index (κ2) is 8.02. The molecule has 0 unspecified atom stereocenters. The van der Waals surface area contributed by atoms with E-state index in [1.54, 1.807) is 19.1 Å². The minimum Gasteiger partial charge on any atom is -0.493 e. The average molecular weight is 401 g/mol. The number of thioether (sulfide) groups is 1. The van der Waals surface area contributed by atoms with E-state index in [0.717, 1.165) is 16.9 Å². The predicted molar refractivity (Wildman–Crippen MR) is 116 cm³/mol. The van der Waals surface area contributed by atoms with Crippen molar-refractivity contribution in [2.24, 2.45) is 0 Å². The van der Waals surface area contributed by atoms with Gasteiger partial charge in [-0.2, -0.15) is 0 Å². The monoisotopic (exact) mass is 400 g/mol. The zero-order valence-electron chi connectivity index (χ0n) is 15.6. The molecule has 0 saturated carbocycles. The lowest BCUT2D eigenvalue weighted by Gasteiger charge is -2.17. The quantitative estimate of drug-likeness (QED) is 0.554. The number of methoxy groups -OCH3 is 2. The van der Waals surface area contributed by atoms with E-state index < -0.39 is 0 Å². The molecule has 1 aliphatic heterocycles. The fourth-order valence-electron chi connectivity index (χ4n) is 2.68. The van der Waals surface area contributed by atoms with Crippen LogP contribution >= 0.6 is 24.0 Å². The number of hydrogen-bond acceptors (Lipinski definition) is 6. The maximum atomic E-state index is 12.9. The van der Waals surface area contributed by atoms with Gasteiger partial charge in [0, 0.05) is 19.8 Å². The third kappa shape index (κ3) is 3.94. The summed E-state index contributed by atoms with van der Waals surface area (Å²) in [6.45, 7) is 0. The molecule has 2 aromatic carbocycles. The Morgan fingerprint density at radius 2 is 1.70 bits per heavy atom. The van der Waals surface area contributed by atoms with Gasteiger partial charge in [0.05, 0.1) is 24.8 Å². The highest BCUT2D eigenvalue weighted by molar-refractivity contribution is 8.27. The Labute approximate surface area is 168 Å². The van der Waals surface area contributed by atoms with Crippen LogP contribution in [-0.2, 0) is 4.79 Å². The molecule has 27 heavy (non-hydrogen) atoms. The zero-order chi connectivity index (χ0) is 19.6. The number of nitrogens with zero attached hydrogens (tertiary/aromatic N) is 2. The van der Waals surface area contributed by atoms with Crippen molar-refractivity contribution < 1.29 is 14.3 Å². The molecule has 0 aliphatic carbocycles. The number of ether oxygens (including phenoxy) is 2. The van der Waals surface area contributed by atoms with Gasteiger partial charge in [-0.25, -0.2) is 0 Å². The van der Waals surface area contributed by atoms with Crippen LogP contribution in [0.25, 0.3) is 6.08 Å². The zero-order valence-corrected chi connectivity index (χ0v) is 17.2. The van der Waals surface area contributed by atoms with Crippen molar-refractivity contribution in [1.29, 1.82) is 0 Å². The van der Waals surface area contributed by atoms with Crippen molar-refractivity contribution in [2.75, 3.05) is 38.1 Å². The van der Waals surface area contributed by atoms with E-state index in [4.69, 9.17) is 21.7 Å². The Morgan fingerprint density at radius 1 is 1.04 bits per heavy atom. The third-order valence-corrected chi connectivity index (χ3v) is 5.43. The first-order valence-corrected chi connectivity index (χ1v) is 9.44. The van der Waals surface area contributed by atoms with Crippen molar-refractivity contribution in [3.63, 3.8) is 0 Å². The molecular weight excluding hydrogens is 380 g/mol. The van der Waals surface area contributed by atoms with Crippen LogP contribution in [0.5, 0.6) is 11.5 Å². The Hall–Kier alpha value is -2.51. The topological polar surface area (TPSA) is 42.0 Å². The van der Waals surface area contributed by atoms with Crippen molar-refractivity contribution in [3.8, 4) is 11.5 Å². The van der Waals surface area contributed by atoms with E-state index in [1.807, 2.05) is 67.5 Å². The molecular formula is C20H20N2O3S2. The average Bonchev–Trinajstić information content (AvgIpc) is 2.94. The van der Waals surface area contributed by atoms with Crippen LogP contribution in [0.3, 0.4) is 0 Å². The van der Waals surface area contributed by atoms with E-state index in [-0.39, 0.29) is 5.91 Å². The summed E-state index contributed by atoms with van der Waals surface area (Å²) in [5.74, 6) is 1.13. The molecule has 0 aromatic heterocycles. The minimum atomic E-state index is -0.127. The highest BCUT2D eigenvalue weighted by Gasteiger charge is 2.33. The molecule has 5 nitrogen and oxygen atoms in total. The van der Waals surface area contributed by atoms with Gasteiger partial charge in [-0.1, -0.05) is 30.0 Å². The first-order chi connectivity index (χ1) is 12.9. The highest BCUT2D eigenvalue weighted by Crippen LogP contribution is 2.37. The van der Waals surface area contributed by atoms with Crippen LogP contribution in [0.2, 0.25) is 0 Å². The summed E-state index contributed by atoms with van der Waals surface area (Å²) in [5.41, 5.74) is 2.67. The van der Waals surface area contributed by atoms with Crippen molar-refractivity contribution in [2.45, 2.75) is 0 Å². The van der Waals surface area contributed by atoms with Gasteiger partial charge in [-0.05, 0) is 48.0 Å². The van der Waals surface area contributed by atoms with Gasteiger partial charge < -0.3 is 14.4 Å². The van der Waals surface area contributed by atoms with Crippen LogP contribution in [-0.4, -0.2) is 38.5 Å². The van der Waals surface area contributed by atoms with E-state index in [0.29, 0.717) is 20.7 Å². The third-order valence-electron chi connectivity index (χ3n) is 4.12. The molecule has 0 spiro atoms. The Morgan fingerprint density at radius 3 is 2.30 bits per heavy atom. The second-order valence-electron chi connectivity index (χ2n) is 6.04. The molecule has 1 aliphatic rings. The van der Waals surface area contributed by atoms with Gasteiger partial charge in [0.2, 0.25) is 0 Å². The normalized spacial score (nSPS) is 15.4. The SMILES string of the molecule is COc1ccc(C=C2SC(=S)N(c3ccc(N(C)C)cc3)C2=O)cc1OC.